The molecule has 0 radical (unpaired) electrons. The molecule has 5 amide bonds. The van der Waals surface area contributed by atoms with Crippen molar-refractivity contribution in [2.24, 2.45) is 0 Å². The highest BCUT2D eigenvalue weighted by molar-refractivity contribution is 6.16. The minimum atomic E-state index is -0.406. The Bertz CT molecular complexity index is 3430. The second kappa shape index (κ2) is 45.0. The molecule has 8 rings (SSSR count). The number of para-hydroxylation sites is 1. The van der Waals surface area contributed by atoms with Gasteiger partial charge in [0, 0.05) is 99.8 Å². The lowest BCUT2D eigenvalue weighted by Gasteiger charge is -2.28. The molecule has 2 N–H and O–H groups in total. The molecule has 2 aliphatic heterocycles. The lowest BCUT2D eigenvalue weighted by atomic mass is 9.89. The third-order valence-electron chi connectivity index (χ3n) is 17.1. The van der Waals surface area contributed by atoms with E-state index in [2.05, 4.69) is 43.1 Å². The number of ketones is 1. The molecular formula is C74H99N9O18. The molecule has 548 valence electrons. The summed E-state index contributed by atoms with van der Waals surface area (Å²) in [7, 11) is 0. The zero-order valence-corrected chi connectivity index (χ0v) is 58.5. The first kappa shape index (κ1) is 78.6. The van der Waals surface area contributed by atoms with Crippen molar-refractivity contribution in [3.63, 3.8) is 0 Å². The Morgan fingerprint density at radius 2 is 1.11 bits per heavy atom. The van der Waals surface area contributed by atoms with Gasteiger partial charge in [0.2, 0.25) is 17.7 Å². The molecule has 27 nitrogen and oxygen atoms in total. The molecule has 4 heterocycles. The Morgan fingerprint density at radius 3 is 1.75 bits per heavy atom. The summed E-state index contributed by atoms with van der Waals surface area (Å²) in [5.41, 5.74) is 10.5. The van der Waals surface area contributed by atoms with Crippen LogP contribution in [0.4, 0.5) is 5.69 Å². The highest BCUT2D eigenvalue weighted by atomic mass is 16.6. The van der Waals surface area contributed by atoms with Crippen LogP contribution in [-0.4, -0.2) is 241 Å². The smallest absolute Gasteiger partial charge is 0.306 e. The van der Waals surface area contributed by atoms with Gasteiger partial charge in [-0.25, -0.2) is 0 Å². The lowest BCUT2D eigenvalue weighted by Crippen LogP contribution is -2.37. The van der Waals surface area contributed by atoms with Crippen molar-refractivity contribution < 1.29 is 85.7 Å². The number of carbonyl (C=O) groups excluding carboxylic acids is 7. The summed E-state index contributed by atoms with van der Waals surface area (Å²) in [5, 5.41) is 23.3. The first-order valence-electron chi connectivity index (χ1n) is 35.3. The van der Waals surface area contributed by atoms with E-state index in [1.54, 1.807) is 16.7 Å². The molecule has 0 saturated heterocycles. The molecule has 0 spiro atoms. The maximum atomic E-state index is 13.8. The molecule has 0 bridgehead atoms. The molecule has 0 unspecified atom stereocenters. The second-order valence-electron chi connectivity index (χ2n) is 24.4. The number of fused-ring (bicyclic) bond motifs is 6. The Balaban J connectivity index is 0.637. The van der Waals surface area contributed by atoms with E-state index in [1.807, 2.05) is 73.7 Å². The Morgan fingerprint density at radius 1 is 0.545 bits per heavy atom. The van der Waals surface area contributed by atoms with E-state index in [9.17, 15) is 33.6 Å². The fourth-order valence-corrected chi connectivity index (χ4v) is 11.7. The quantitative estimate of drug-likeness (QED) is 0.0231. The van der Waals surface area contributed by atoms with E-state index in [1.165, 1.54) is 17.2 Å². The van der Waals surface area contributed by atoms with Crippen molar-refractivity contribution in [1.82, 2.24) is 40.7 Å². The number of esters is 1. The first-order chi connectivity index (χ1) is 49.4. The van der Waals surface area contributed by atoms with Crippen LogP contribution in [0.25, 0.3) is 33.8 Å². The number of Topliss-reactive ketones (excluding diaryl/α,β-unsaturated/α-hetero) is 1. The Hall–Kier alpha value is -8.09. The maximum absolute atomic E-state index is 13.8. The number of benzene rings is 3. The summed E-state index contributed by atoms with van der Waals surface area (Å²) in [4.78, 5) is 93.3. The normalized spacial score (nSPS) is 14.2. The number of aromatic amines is 1. The van der Waals surface area contributed by atoms with Gasteiger partial charge in [-0.3, -0.25) is 38.5 Å². The largest absolute Gasteiger partial charge is 0.462 e. The summed E-state index contributed by atoms with van der Waals surface area (Å²) in [6.45, 7) is 11.3. The van der Waals surface area contributed by atoms with Gasteiger partial charge in [-0.2, -0.15) is 20.5 Å². The van der Waals surface area contributed by atoms with E-state index in [4.69, 9.17) is 52.1 Å². The number of aryl methyl sites for hydroxylation is 1. The van der Waals surface area contributed by atoms with Crippen molar-refractivity contribution in [3.05, 3.63) is 113 Å². The van der Waals surface area contributed by atoms with Crippen LogP contribution in [0.5, 0.6) is 0 Å². The Kier molecular flexibility index (Phi) is 35.0. The fraction of sp³-hybridized carbons (Fsp3) is 0.554. The number of rotatable bonds is 49. The third kappa shape index (κ3) is 27.0. The number of hydrogen-bond donors (Lipinski definition) is 2. The van der Waals surface area contributed by atoms with Crippen molar-refractivity contribution in [3.8, 4) is 33.8 Å². The maximum Gasteiger partial charge on any atom is 0.306 e. The van der Waals surface area contributed by atoms with Crippen LogP contribution in [-0.2, 0) is 105 Å². The summed E-state index contributed by atoms with van der Waals surface area (Å²) >= 11 is 0. The van der Waals surface area contributed by atoms with Gasteiger partial charge in [0.1, 0.15) is 23.3 Å². The van der Waals surface area contributed by atoms with Crippen LogP contribution in [0.15, 0.2) is 90.5 Å². The number of ether oxygens (including phenoxy) is 11. The first-order valence-corrected chi connectivity index (χ1v) is 35.3. The Labute approximate surface area is 590 Å². The van der Waals surface area contributed by atoms with E-state index in [-0.39, 0.29) is 120 Å². The van der Waals surface area contributed by atoms with Gasteiger partial charge < -0.3 is 67.2 Å². The van der Waals surface area contributed by atoms with Crippen molar-refractivity contribution in [2.75, 3.05) is 163 Å². The summed E-state index contributed by atoms with van der Waals surface area (Å²) < 4.78 is 62.8. The van der Waals surface area contributed by atoms with Gasteiger partial charge in [0.25, 0.3) is 11.8 Å². The predicted octanol–water partition coefficient (Wildman–Crippen LogP) is 6.75. The van der Waals surface area contributed by atoms with E-state index in [0.717, 1.165) is 82.0 Å². The standard InChI is InChI=1S/C74H99N9O18/c1-55-53-69(88)82(74(55)90)30-27-66(85)75-29-36-94-42-48-100-52-51-99-47-41-93-35-28-67(86)81(32-38-96-44-50-98-46-40-92-34-12-22-70(89)101-60-17-10-20-63-61(25-24-60)56(2)76-77-71(63)57-13-4-3-5-14-57)31-37-95-43-49-97-45-39-91-33-11-16-59(84)23-26-68(87)83-54-58-15-6-7-18-62(58)72-73(79-80-78-72)64-19-8-9-21-65(64)83/h3-9,13-15,18-19,21,53,60H,10-12,16-17,20,22-52,54H2,1-2H3,(H,75,85)(H,78,79,80)/t60-/m0/s1. The average molecular weight is 1400 g/mol. The molecule has 3 aliphatic rings. The molecule has 2 aromatic heterocycles. The number of nitrogens with one attached hydrogen (secondary N) is 2. The van der Waals surface area contributed by atoms with Crippen LogP contribution >= 0.6 is 0 Å². The summed E-state index contributed by atoms with van der Waals surface area (Å²) in [6, 6.07) is 25.6. The van der Waals surface area contributed by atoms with Gasteiger partial charge in [-0.05, 0) is 81.5 Å². The average Bonchev–Trinajstić information content (AvgIpc) is 1.75. The van der Waals surface area contributed by atoms with E-state index < -0.39 is 5.91 Å². The number of amides is 5. The molecule has 1 aliphatic carbocycles. The van der Waals surface area contributed by atoms with Crippen LogP contribution in [0, 0.1) is 6.92 Å². The molecular weight excluding hydrogens is 1300 g/mol. The van der Waals surface area contributed by atoms with Crippen molar-refractivity contribution in [2.45, 2.75) is 110 Å². The number of carbonyl (C=O) groups is 7. The highest BCUT2D eigenvalue weighted by Crippen LogP contribution is 2.40. The van der Waals surface area contributed by atoms with Crippen LogP contribution < -0.4 is 10.2 Å². The zero-order chi connectivity index (χ0) is 71.1. The van der Waals surface area contributed by atoms with Gasteiger partial charge in [0.05, 0.1) is 149 Å². The molecule has 5 aromatic rings. The molecule has 101 heavy (non-hydrogen) atoms. The lowest BCUT2D eigenvalue weighted by molar-refractivity contribution is -0.150. The van der Waals surface area contributed by atoms with Crippen molar-refractivity contribution in [1.29, 1.82) is 0 Å². The van der Waals surface area contributed by atoms with E-state index in [0.29, 0.717) is 149 Å². The predicted molar refractivity (Wildman–Crippen MR) is 372 cm³/mol. The number of nitrogens with zero attached hydrogens (tertiary/aromatic N) is 7. The minimum Gasteiger partial charge on any atom is -0.462 e. The van der Waals surface area contributed by atoms with Gasteiger partial charge in [-0.15, -0.1) is 5.10 Å². The number of anilines is 1. The monoisotopic (exact) mass is 1400 g/mol. The van der Waals surface area contributed by atoms with Crippen LogP contribution in [0.3, 0.4) is 0 Å². The summed E-state index contributed by atoms with van der Waals surface area (Å²) in [5.74, 6) is -1.56. The summed E-state index contributed by atoms with van der Waals surface area (Å²) in [6.07, 6.45) is 7.19. The highest BCUT2D eigenvalue weighted by Gasteiger charge is 2.30. The number of H-pyrrole nitrogens is 1. The van der Waals surface area contributed by atoms with Crippen molar-refractivity contribution >= 4 is 47.0 Å². The van der Waals surface area contributed by atoms with Crippen LogP contribution in [0.1, 0.15) is 99.9 Å². The molecule has 1 atom stereocenters. The van der Waals surface area contributed by atoms with Gasteiger partial charge in [0.15, 0.2) is 0 Å². The van der Waals surface area contributed by atoms with Gasteiger partial charge >= 0.3 is 5.97 Å². The zero-order valence-electron chi connectivity index (χ0n) is 58.5. The molecule has 3 aromatic carbocycles. The molecule has 0 saturated carbocycles. The fourth-order valence-electron chi connectivity index (χ4n) is 11.7. The second-order valence-corrected chi connectivity index (χ2v) is 24.4. The van der Waals surface area contributed by atoms with Gasteiger partial charge in [-0.1, -0.05) is 72.8 Å². The SMILES string of the molecule is CC1=CC(=O)N(CCC(=O)NCCOCCOCCOCCOCCC(=O)N(CCOCCOCCOCCCC(=O)CCC(=O)N2Cc3ccccc3-c3n[nH]nc3-c3ccccc32)CCOCCOCCOCCCC(=O)O[C@H]2CCCc3c(-c4ccccc4)nnc(C)c3CC2)C1=O. The third-order valence-corrected chi connectivity index (χ3v) is 17.1. The minimum absolute atomic E-state index is 0.00871. The molecule has 0 fully saturated rings. The van der Waals surface area contributed by atoms with Crippen LogP contribution in [0.2, 0.25) is 0 Å². The number of hydrogen-bond acceptors (Lipinski definition) is 22. The topological polar surface area (TPSA) is 310 Å². The molecule has 27 heteroatoms. The van der Waals surface area contributed by atoms with E-state index >= 15 is 0 Å². The number of imide groups is 1. The number of aromatic nitrogens is 5.